The summed E-state index contributed by atoms with van der Waals surface area (Å²) in [6, 6.07) is 7.00. The third-order valence-corrected chi connectivity index (χ3v) is 4.33. The van der Waals surface area contributed by atoms with E-state index in [0.717, 1.165) is 30.0 Å². The van der Waals surface area contributed by atoms with Gasteiger partial charge in [-0.1, -0.05) is 0 Å². The molecule has 1 aliphatic rings. The van der Waals surface area contributed by atoms with Crippen molar-refractivity contribution in [1.82, 2.24) is 10.2 Å². The highest BCUT2D eigenvalue weighted by Gasteiger charge is 2.28. The van der Waals surface area contributed by atoms with Crippen LogP contribution in [0.2, 0.25) is 0 Å². The molecule has 2 rings (SSSR count). The van der Waals surface area contributed by atoms with Gasteiger partial charge in [0.2, 0.25) is 0 Å². The van der Waals surface area contributed by atoms with E-state index in [4.69, 9.17) is 9.47 Å². The van der Waals surface area contributed by atoms with Crippen LogP contribution in [0.15, 0.2) is 23.2 Å². The molecule has 6 heteroatoms. The van der Waals surface area contributed by atoms with E-state index in [1.54, 1.807) is 14.2 Å². The molecule has 6 nitrogen and oxygen atoms in total. The molecule has 0 heterocycles. The van der Waals surface area contributed by atoms with Crippen LogP contribution < -0.4 is 20.1 Å². The number of methoxy groups -OCH3 is 1. The molecule has 0 bridgehead atoms. The number of ether oxygens (including phenoxy) is 2. The summed E-state index contributed by atoms with van der Waals surface area (Å²) in [5.74, 6) is 2.20. The van der Waals surface area contributed by atoms with Gasteiger partial charge in [-0.15, -0.1) is 0 Å². The van der Waals surface area contributed by atoms with E-state index in [1.807, 2.05) is 25.1 Å². The molecule has 0 saturated heterocycles. The monoisotopic (exact) mass is 334 g/mol. The summed E-state index contributed by atoms with van der Waals surface area (Å²) in [5, 5.41) is 6.68. The molecule has 1 aliphatic carbocycles. The Labute approximate surface area is 145 Å². The van der Waals surface area contributed by atoms with Gasteiger partial charge in [0.25, 0.3) is 0 Å². The Balaban J connectivity index is 1.92. The largest absolute Gasteiger partial charge is 0.493 e. The summed E-state index contributed by atoms with van der Waals surface area (Å²) < 4.78 is 10.9. The van der Waals surface area contributed by atoms with Crippen LogP contribution in [0.1, 0.15) is 26.7 Å². The Morgan fingerprint density at radius 2 is 2.12 bits per heavy atom. The molecule has 0 spiro atoms. The lowest BCUT2D eigenvalue weighted by atomic mass is 10.2. The molecule has 24 heavy (non-hydrogen) atoms. The first kappa shape index (κ1) is 18.4. The Morgan fingerprint density at radius 3 is 2.71 bits per heavy atom. The Bertz CT molecular complexity index is 558. The lowest BCUT2D eigenvalue weighted by molar-refractivity contribution is 0.248. The molecule has 1 atom stereocenters. The SMILES string of the molecule is CCOc1ccc(NC(=NC)NCC(C)N(C)C2CC2)cc1OC. The van der Waals surface area contributed by atoms with Gasteiger partial charge in [0, 0.05) is 37.4 Å². The van der Waals surface area contributed by atoms with Crippen molar-refractivity contribution in [2.24, 2.45) is 4.99 Å². The fraction of sp³-hybridized carbons (Fsp3) is 0.611. The van der Waals surface area contributed by atoms with Crippen LogP contribution in [-0.2, 0) is 0 Å². The van der Waals surface area contributed by atoms with Crippen LogP contribution in [0, 0.1) is 0 Å². The van der Waals surface area contributed by atoms with Crippen molar-refractivity contribution in [3.8, 4) is 11.5 Å². The number of benzene rings is 1. The van der Waals surface area contributed by atoms with Crippen LogP contribution in [0.25, 0.3) is 0 Å². The molecule has 0 aliphatic heterocycles. The number of nitrogens with one attached hydrogen (secondary N) is 2. The fourth-order valence-corrected chi connectivity index (χ4v) is 2.57. The van der Waals surface area contributed by atoms with Crippen LogP contribution in [0.3, 0.4) is 0 Å². The molecule has 1 saturated carbocycles. The molecule has 0 radical (unpaired) electrons. The van der Waals surface area contributed by atoms with Crippen molar-refractivity contribution in [3.63, 3.8) is 0 Å². The van der Waals surface area contributed by atoms with Crippen molar-refractivity contribution in [2.45, 2.75) is 38.8 Å². The van der Waals surface area contributed by atoms with Gasteiger partial charge in [-0.3, -0.25) is 9.89 Å². The highest BCUT2D eigenvalue weighted by molar-refractivity contribution is 5.93. The third-order valence-electron chi connectivity index (χ3n) is 4.33. The summed E-state index contributed by atoms with van der Waals surface area (Å²) >= 11 is 0. The molecule has 0 amide bonds. The Morgan fingerprint density at radius 1 is 1.38 bits per heavy atom. The van der Waals surface area contributed by atoms with Gasteiger partial charge >= 0.3 is 0 Å². The second-order valence-electron chi connectivity index (χ2n) is 6.12. The highest BCUT2D eigenvalue weighted by Crippen LogP contribution is 2.30. The maximum absolute atomic E-state index is 5.54. The summed E-state index contributed by atoms with van der Waals surface area (Å²) in [4.78, 5) is 6.72. The minimum absolute atomic E-state index is 0.464. The van der Waals surface area contributed by atoms with Crippen LogP contribution in [-0.4, -0.2) is 57.3 Å². The molecular weight excluding hydrogens is 304 g/mol. The van der Waals surface area contributed by atoms with Gasteiger partial charge in [-0.25, -0.2) is 0 Å². The average molecular weight is 334 g/mol. The molecule has 1 aromatic rings. The number of guanidine groups is 1. The minimum Gasteiger partial charge on any atom is -0.493 e. The standard InChI is InChI=1S/C18H30N4O2/c1-6-24-16-10-7-14(11-17(16)23-5)21-18(19-3)20-12-13(2)22(4)15-8-9-15/h7,10-11,13,15H,6,8-9,12H2,1-5H3,(H2,19,20,21). The summed E-state index contributed by atoms with van der Waals surface area (Å²) in [6.07, 6.45) is 2.64. The fourth-order valence-electron chi connectivity index (χ4n) is 2.57. The lowest BCUT2D eigenvalue weighted by Gasteiger charge is -2.25. The van der Waals surface area contributed by atoms with Crippen molar-refractivity contribution < 1.29 is 9.47 Å². The minimum atomic E-state index is 0.464. The number of rotatable bonds is 8. The second kappa shape index (κ2) is 8.78. The first-order valence-corrected chi connectivity index (χ1v) is 8.59. The van der Waals surface area contributed by atoms with Gasteiger partial charge in [0.05, 0.1) is 13.7 Å². The highest BCUT2D eigenvalue weighted by atomic mass is 16.5. The zero-order chi connectivity index (χ0) is 17.5. The van der Waals surface area contributed by atoms with Gasteiger partial charge in [0.1, 0.15) is 0 Å². The molecule has 0 aromatic heterocycles. The number of likely N-dealkylation sites (N-methyl/N-ethyl adjacent to an activating group) is 1. The van der Waals surface area contributed by atoms with E-state index in [1.165, 1.54) is 12.8 Å². The van der Waals surface area contributed by atoms with Crippen molar-refractivity contribution in [1.29, 1.82) is 0 Å². The zero-order valence-corrected chi connectivity index (χ0v) is 15.4. The molecular formula is C18H30N4O2. The summed E-state index contributed by atoms with van der Waals surface area (Å²) in [7, 11) is 5.61. The third kappa shape index (κ3) is 5.03. The van der Waals surface area contributed by atoms with Gasteiger partial charge < -0.3 is 20.1 Å². The molecule has 1 fully saturated rings. The number of hydrogen-bond acceptors (Lipinski definition) is 4. The predicted octanol–water partition coefficient (Wildman–Crippen LogP) is 2.56. The molecule has 134 valence electrons. The molecule has 1 aromatic carbocycles. The summed E-state index contributed by atoms with van der Waals surface area (Å²) in [5.41, 5.74) is 0.909. The van der Waals surface area contributed by atoms with E-state index < -0.39 is 0 Å². The smallest absolute Gasteiger partial charge is 0.195 e. The van der Waals surface area contributed by atoms with Gasteiger partial charge in [-0.05, 0) is 45.9 Å². The first-order valence-electron chi connectivity index (χ1n) is 8.59. The van der Waals surface area contributed by atoms with Crippen molar-refractivity contribution in [2.75, 3.05) is 39.7 Å². The van der Waals surface area contributed by atoms with E-state index in [2.05, 4.69) is 34.5 Å². The van der Waals surface area contributed by atoms with E-state index in [-0.39, 0.29) is 0 Å². The first-order chi connectivity index (χ1) is 11.6. The summed E-state index contributed by atoms with van der Waals surface area (Å²) in [6.45, 7) is 5.65. The predicted molar refractivity (Wildman–Crippen MR) is 99.4 cm³/mol. The van der Waals surface area contributed by atoms with Crippen LogP contribution in [0.5, 0.6) is 11.5 Å². The van der Waals surface area contributed by atoms with Crippen LogP contribution >= 0.6 is 0 Å². The number of anilines is 1. The van der Waals surface area contributed by atoms with Crippen molar-refractivity contribution in [3.05, 3.63) is 18.2 Å². The Kier molecular flexibility index (Phi) is 6.73. The zero-order valence-electron chi connectivity index (χ0n) is 15.4. The van der Waals surface area contributed by atoms with Crippen molar-refractivity contribution >= 4 is 11.6 Å². The van der Waals surface area contributed by atoms with Gasteiger partial charge in [0.15, 0.2) is 17.5 Å². The molecule has 2 N–H and O–H groups in total. The van der Waals surface area contributed by atoms with E-state index in [0.29, 0.717) is 18.4 Å². The van der Waals surface area contributed by atoms with Gasteiger partial charge in [-0.2, -0.15) is 0 Å². The maximum atomic E-state index is 5.54. The van der Waals surface area contributed by atoms with Crippen LogP contribution in [0.4, 0.5) is 5.69 Å². The van der Waals surface area contributed by atoms with E-state index in [9.17, 15) is 0 Å². The number of hydrogen-bond donors (Lipinski definition) is 2. The quantitative estimate of drug-likeness (QED) is 0.565. The average Bonchev–Trinajstić information content (AvgIpc) is 3.43. The number of aliphatic imine (C=N–C) groups is 1. The maximum Gasteiger partial charge on any atom is 0.195 e. The second-order valence-corrected chi connectivity index (χ2v) is 6.12. The molecule has 1 unspecified atom stereocenters. The Hall–Kier alpha value is -1.95. The topological polar surface area (TPSA) is 58.1 Å². The van der Waals surface area contributed by atoms with E-state index >= 15 is 0 Å². The number of nitrogens with zero attached hydrogens (tertiary/aromatic N) is 2. The lowest BCUT2D eigenvalue weighted by Crippen LogP contribution is -2.43. The normalized spacial score (nSPS) is 16.0.